The van der Waals surface area contributed by atoms with Gasteiger partial charge in [0.1, 0.15) is 0 Å². The minimum Gasteiger partial charge on any atom is -0.399 e. The highest BCUT2D eigenvalue weighted by Gasteiger charge is 2.53. The van der Waals surface area contributed by atoms with E-state index in [4.69, 9.17) is 5.73 Å². The number of nitrogen functional groups attached to an aromatic ring is 1. The first-order chi connectivity index (χ1) is 9.93. The molecule has 0 spiro atoms. The zero-order chi connectivity index (χ0) is 15.1. The average Bonchev–Trinajstić information content (AvgIpc) is 3.24. The molecule has 1 amide bonds. The lowest BCUT2D eigenvalue weighted by molar-refractivity contribution is -0.134. The number of benzene rings is 1. The predicted octanol–water partition coefficient (Wildman–Crippen LogP) is 2.06. The second-order valence-corrected chi connectivity index (χ2v) is 6.85. The van der Waals surface area contributed by atoms with Crippen molar-refractivity contribution < 1.29 is 9.90 Å². The van der Waals surface area contributed by atoms with Gasteiger partial charge < -0.3 is 15.7 Å². The maximum atomic E-state index is 12.9. The molecule has 1 heterocycles. The molecule has 1 aromatic rings. The van der Waals surface area contributed by atoms with E-state index in [1.807, 2.05) is 36.1 Å². The number of rotatable bonds is 2. The van der Waals surface area contributed by atoms with Crippen LogP contribution >= 0.6 is 0 Å². The molecule has 2 fully saturated rings. The van der Waals surface area contributed by atoms with E-state index < -0.39 is 5.60 Å². The van der Waals surface area contributed by atoms with Gasteiger partial charge in [0.2, 0.25) is 5.91 Å². The SMILES string of the molecule is CC1(O)CCCN(C(=O)C2(c3ccc(N)cc3)CC2)CC1. The van der Waals surface area contributed by atoms with E-state index in [1.54, 1.807) is 0 Å². The smallest absolute Gasteiger partial charge is 0.233 e. The molecule has 0 bridgehead atoms. The van der Waals surface area contributed by atoms with E-state index in [2.05, 4.69) is 0 Å². The predicted molar refractivity (Wildman–Crippen MR) is 82.8 cm³/mol. The van der Waals surface area contributed by atoms with Gasteiger partial charge in [-0.25, -0.2) is 0 Å². The Bertz CT molecular complexity index is 532. The number of carbonyl (C=O) groups excluding carboxylic acids is 1. The number of carbonyl (C=O) groups is 1. The second-order valence-electron chi connectivity index (χ2n) is 6.85. The molecule has 21 heavy (non-hydrogen) atoms. The molecule has 4 nitrogen and oxygen atoms in total. The van der Waals surface area contributed by atoms with Crippen LogP contribution in [-0.2, 0) is 10.2 Å². The summed E-state index contributed by atoms with van der Waals surface area (Å²) < 4.78 is 0. The molecule has 1 saturated heterocycles. The summed E-state index contributed by atoms with van der Waals surface area (Å²) in [6, 6.07) is 7.70. The van der Waals surface area contributed by atoms with Crippen LogP contribution in [-0.4, -0.2) is 34.6 Å². The molecule has 2 aliphatic rings. The number of anilines is 1. The molecule has 1 unspecified atom stereocenters. The maximum Gasteiger partial charge on any atom is 0.233 e. The van der Waals surface area contributed by atoms with Gasteiger partial charge in [-0.3, -0.25) is 4.79 Å². The van der Waals surface area contributed by atoms with Gasteiger partial charge in [-0.2, -0.15) is 0 Å². The molecule has 1 aliphatic heterocycles. The number of aliphatic hydroxyl groups is 1. The Hall–Kier alpha value is -1.55. The van der Waals surface area contributed by atoms with Crippen LogP contribution in [0.1, 0.15) is 44.6 Å². The van der Waals surface area contributed by atoms with Crippen molar-refractivity contribution in [1.29, 1.82) is 0 Å². The summed E-state index contributed by atoms with van der Waals surface area (Å²) in [5.41, 5.74) is 6.59. The first-order valence-corrected chi connectivity index (χ1v) is 7.81. The average molecular weight is 288 g/mol. The Kier molecular flexibility index (Phi) is 3.44. The number of nitrogens with two attached hydrogens (primary N) is 1. The van der Waals surface area contributed by atoms with Crippen LogP contribution in [0.25, 0.3) is 0 Å². The van der Waals surface area contributed by atoms with E-state index in [9.17, 15) is 9.90 Å². The Morgan fingerprint density at radius 1 is 1.14 bits per heavy atom. The van der Waals surface area contributed by atoms with Crippen LogP contribution in [0, 0.1) is 0 Å². The minimum atomic E-state index is -0.632. The molecule has 0 radical (unpaired) electrons. The second kappa shape index (κ2) is 5.02. The van der Waals surface area contributed by atoms with Crippen molar-refractivity contribution in [2.75, 3.05) is 18.8 Å². The van der Waals surface area contributed by atoms with Gasteiger partial charge in [0.15, 0.2) is 0 Å². The molecular weight excluding hydrogens is 264 g/mol. The van der Waals surface area contributed by atoms with E-state index in [-0.39, 0.29) is 11.3 Å². The number of nitrogens with zero attached hydrogens (tertiary/aromatic N) is 1. The third-order valence-electron chi connectivity index (χ3n) is 4.97. The van der Waals surface area contributed by atoms with Crippen molar-refractivity contribution in [3.63, 3.8) is 0 Å². The zero-order valence-electron chi connectivity index (χ0n) is 12.6. The van der Waals surface area contributed by atoms with Gasteiger partial charge >= 0.3 is 0 Å². The van der Waals surface area contributed by atoms with Crippen molar-refractivity contribution in [2.24, 2.45) is 0 Å². The molecule has 1 aliphatic carbocycles. The minimum absolute atomic E-state index is 0.227. The van der Waals surface area contributed by atoms with Crippen LogP contribution in [0.3, 0.4) is 0 Å². The maximum absolute atomic E-state index is 12.9. The summed E-state index contributed by atoms with van der Waals surface area (Å²) in [6.07, 6.45) is 4.14. The number of hydrogen-bond acceptors (Lipinski definition) is 3. The van der Waals surface area contributed by atoms with Gasteiger partial charge in [0.05, 0.1) is 11.0 Å². The first-order valence-electron chi connectivity index (χ1n) is 7.81. The number of hydrogen-bond donors (Lipinski definition) is 2. The van der Waals surface area contributed by atoms with Crippen LogP contribution in [0.2, 0.25) is 0 Å². The van der Waals surface area contributed by atoms with Crippen molar-refractivity contribution in [3.05, 3.63) is 29.8 Å². The standard InChI is InChI=1S/C17H24N2O2/c1-16(21)7-2-11-19(12-10-16)15(20)17(8-9-17)13-3-5-14(18)6-4-13/h3-6,21H,2,7-12,18H2,1H3. The first kappa shape index (κ1) is 14.4. The quantitative estimate of drug-likeness (QED) is 0.819. The summed E-state index contributed by atoms with van der Waals surface area (Å²) in [4.78, 5) is 14.9. The third-order valence-corrected chi connectivity index (χ3v) is 4.97. The largest absolute Gasteiger partial charge is 0.399 e. The zero-order valence-corrected chi connectivity index (χ0v) is 12.6. The van der Waals surface area contributed by atoms with Gasteiger partial charge in [0, 0.05) is 18.8 Å². The molecule has 1 atom stereocenters. The molecule has 3 N–H and O–H groups in total. The van der Waals surface area contributed by atoms with Gasteiger partial charge in [-0.05, 0) is 56.7 Å². The van der Waals surface area contributed by atoms with E-state index in [0.717, 1.165) is 43.5 Å². The lowest BCUT2D eigenvalue weighted by atomic mass is 9.94. The van der Waals surface area contributed by atoms with Crippen LogP contribution in [0.4, 0.5) is 5.69 Å². The molecule has 1 saturated carbocycles. The highest BCUT2D eigenvalue weighted by Crippen LogP contribution is 2.50. The highest BCUT2D eigenvalue weighted by molar-refractivity contribution is 5.91. The van der Waals surface area contributed by atoms with Gasteiger partial charge in [0.25, 0.3) is 0 Å². The van der Waals surface area contributed by atoms with Crippen molar-refractivity contribution in [3.8, 4) is 0 Å². The van der Waals surface area contributed by atoms with Crippen LogP contribution in [0.15, 0.2) is 24.3 Å². The summed E-state index contributed by atoms with van der Waals surface area (Å²) in [5, 5.41) is 10.2. The fourth-order valence-electron chi connectivity index (χ4n) is 3.32. The topological polar surface area (TPSA) is 66.6 Å². The molecule has 1 aromatic carbocycles. The summed E-state index contributed by atoms with van der Waals surface area (Å²) in [6.45, 7) is 3.28. The fourth-order valence-corrected chi connectivity index (χ4v) is 3.32. The molecule has 4 heteroatoms. The molecular formula is C17H24N2O2. The van der Waals surface area contributed by atoms with E-state index >= 15 is 0 Å². The lowest BCUT2D eigenvalue weighted by Gasteiger charge is -2.27. The molecule has 0 aromatic heterocycles. The molecule has 114 valence electrons. The lowest BCUT2D eigenvalue weighted by Crippen LogP contribution is -2.40. The Labute approximate surface area is 125 Å². The summed E-state index contributed by atoms with van der Waals surface area (Å²) in [5.74, 6) is 0.227. The normalized spacial score (nSPS) is 28.0. The number of likely N-dealkylation sites (tertiary alicyclic amines) is 1. The van der Waals surface area contributed by atoms with Crippen molar-refractivity contribution in [2.45, 2.75) is 50.0 Å². The molecule has 3 rings (SSSR count). The highest BCUT2D eigenvalue weighted by atomic mass is 16.3. The van der Waals surface area contributed by atoms with E-state index in [0.29, 0.717) is 13.0 Å². The number of amides is 1. The van der Waals surface area contributed by atoms with Gasteiger partial charge in [-0.1, -0.05) is 12.1 Å². The fraction of sp³-hybridized carbons (Fsp3) is 0.588. The Morgan fingerprint density at radius 2 is 1.81 bits per heavy atom. The van der Waals surface area contributed by atoms with Crippen molar-refractivity contribution in [1.82, 2.24) is 4.90 Å². The van der Waals surface area contributed by atoms with Crippen molar-refractivity contribution >= 4 is 11.6 Å². The van der Waals surface area contributed by atoms with Crippen LogP contribution < -0.4 is 5.73 Å². The summed E-state index contributed by atoms with van der Waals surface area (Å²) >= 11 is 0. The van der Waals surface area contributed by atoms with Gasteiger partial charge in [-0.15, -0.1) is 0 Å². The van der Waals surface area contributed by atoms with E-state index in [1.165, 1.54) is 0 Å². The monoisotopic (exact) mass is 288 g/mol. The summed E-state index contributed by atoms with van der Waals surface area (Å²) in [7, 11) is 0. The Balaban J connectivity index is 1.77. The Morgan fingerprint density at radius 3 is 2.43 bits per heavy atom. The van der Waals surface area contributed by atoms with Crippen LogP contribution in [0.5, 0.6) is 0 Å². The third kappa shape index (κ3) is 2.77.